The molecule has 0 aromatic carbocycles. The van der Waals surface area contributed by atoms with Crippen LogP contribution in [-0.4, -0.2) is 43.9 Å². The summed E-state index contributed by atoms with van der Waals surface area (Å²) in [6, 6.07) is -0.00468. The van der Waals surface area contributed by atoms with E-state index >= 15 is 0 Å². The van der Waals surface area contributed by atoms with Crippen molar-refractivity contribution in [3.8, 4) is 0 Å². The van der Waals surface area contributed by atoms with Gasteiger partial charge in [-0.3, -0.25) is 4.79 Å². The van der Waals surface area contributed by atoms with Crippen molar-refractivity contribution in [2.45, 2.75) is 19.9 Å². The summed E-state index contributed by atoms with van der Waals surface area (Å²) in [6.07, 6.45) is 0. The Morgan fingerprint density at radius 2 is 2.09 bits per heavy atom. The van der Waals surface area contributed by atoms with Crippen molar-refractivity contribution in [1.82, 2.24) is 10.2 Å². The van der Waals surface area contributed by atoms with Gasteiger partial charge in [0.1, 0.15) is 5.78 Å². The predicted molar refractivity (Wildman–Crippen MR) is 46.7 cm³/mol. The van der Waals surface area contributed by atoms with Crippen LogP contribution in [-0.2, 0) is 4.79 Å². The molecule has 66 valence electrons. The zero-order valence-corrected chi connectivity index (χ0v) is 7.85. The summed E-state index contributed by atoms with van der Waals surface area (Å²) in [6.45, 7) is 5.33. The van der Waals surface area contributed by atoms with Gasteiger partial charge >= 0.3 is 0 Å². The van der Waals surface area contributed by atoms with Gasteiger partial charge in [-0.2, -0.15) is 0 Å². The van der Waals surface area contributed by atoms with Crippen LogP contribution in [0.1, 0.15) is 13.8 Å². The van der Waals surface area contributed by atoms with Gasteiger partial charge in [0.25, 0.3) is 0 Å². The lowest BCUT2D eigenvalue weighted by atomic mass is 10.2. The largest absolute Gasteiger partial charge is 0.308 e. The Kier molecular flexibility index (Phi) is 5.07. The Hall–Kier alpha value is -0.410. The number of carbonyl (C=O) groups excluding carboxylic acids is 1. The number of ketones is 1. The lowest BCUT2D eigenvalue weighted by Gasteiger charge is -2.13. The van der Waals surface area contributed by atoms with Gasteiger partial charge in [-0.15, -0.1) is 0 Å². The molecule has 11 heavy (non-hydrogen) atoms. The average molecular weight is 158 g/mol. The zero-order valence-electron chi connectivity index (χ0n) is 7.85. The van der Waals surface area contributed by atoms with Crippen molar-refractivity contribution < 1.29 is 4.79 Å². The molecule has 1 N–H and O–H groups in total. The zero-order chi connectivity index (χ0) is 8.85. The number of rotatable bonds is 5. The molecule has 0 heterocycles. The number of nitrogens with one attached hydrogen (secondary N) is 1. The van der Waals surface area contributed by atoms with Crippen LogP contribution in [0.5, 0.6) is 0 Å². The first-order valence-corrected chi connectivity index (χ1v) is 3.92. The first kappa shape index (κ1) is 10.6. The fourth-order valence-electron chi connectivity index (χ4n) is 0.648. The van der Waals surface area contributed by atoms with Crippen LogP contribution in [0.3, 0.4) is 0 Å². The number of Topliss-reactive ketones (excluding diaryl/α,β-unsaturated/α-hetero) is 1. The van der Waals surface area contributed by atoms with Gasteiger partial charge in [-0.05, 0) is 27.9 Å². The molecule has 0 aliphatic heterocycles. The summed E-state index contributed by atoms with van der Waals surface area (Å²) in [5, 5.41) is 3.12. The Morgan fingerprint density at radius 1 is 1.55 bits per heavy atom. The summed E-state index contributed by atoms with van der Waals surface area (Å²) in [5.74, 6) is 0.198. The molecule has 0 aromatic rings. The van der Waals surface area contributed by atoms with Crippen molar-refractivity contribution in [3.63, 3.8) is 0 Å². The van der Waals surface area contributed by atoms with Crippen LogP contribution >= 0.6 is 0 Å². The Labute approximate surface area is 68.8 Å². The molecule has 0 radical (unpaired) electrons. The maximum Gasteiger partial charge on any atom is 0.146 e. The first-order valence-electron chi connectivity index (χ1n) is 3.92. The minimum Gasteiger partial charge on any atom is -0.308 e. The van der Waals surface area contributed by atoms with Gasteiger partial charge in [-0.1, -0.05) is 0 Å². The summed E-state index contributed by atoms with van der Waals surface area (Å²) in [4.78, 5) is 12.8. The molecular formula is C8H18N2O. The van der Waals surface area contributed by atoms with Crippen LogP contribution in [0.4, 0.5) is 0 Å². The maximum absolute atomic E-state index is 10.7. The molecule has 0 aliphatic carbocycles. The van der Waals surface area contributed by atoms with Crippen molar-refractivity contribution in [1.29, 1.82) is 0 Å². The van der Waals surface area contributed by atoms with Gasteiger partial charge in [0, 0.05) is 13.1 Å². The third-order valence-corrected chi connectivity index (χ3v) is 1.62. The van der Waals surface area contributed by atoms with E-state index in [4.69, 9.17) is 0 Å². The summed E-state index contributed by atoms with van der Waals surface area (Å²) in [7, 11) is 4.03. The van der Waals surface area contributed by atoms with Crippen molar-refractivity contribution in [3.05, 3.63) is 0 Å². The molecule has 0 spiro atoms. The SMILES string of the molecule is CC(=O)C(C)NCCN(C)C. The lowest BCUT2D eigenvalue weighted by molar-refractivity contribution is -0.118. The quantitative estimate of drug-likeness (QED) is 0.616. The van der Waals surface area contributed by atoms with E-state index in [-0.39, 0.29) is 11.8 Å². The molecule has 0 fully saturated rings. The fourth-order valence-corrected chi connectivity index (χ4v) is 0.648. The average Bonchev–Trinajstić information content (AvgIpc) is 1.86. The van der Waals surface area contributed by atoms with E-state index in [2.05, 4.69) is 10.2 Å². The molecule has 0 amide bonds. The lowest BCUT2D eigenvalue weighted by Crippen LogP contribution is -2.36. The standard InChI is InChI=1S/C8H18N2O/c1-7(8(2)11)9-5-6-10(3)4/h7,9H,5-6H2,1-4H3. The minimum atomic E-state index is -0.00468. The van der Waals surface area contributed by atoms with Crippen molar-refractivity contribution in [2.75, 3.05) is 27.2 Å². The summed E-state index contributed by atoms with van der Waals surface area (Å²) < 4.78 is 0. The van der Waals surface area contributed by atoms with Crippen LogP contribution in [0.2, 0.25) is 0 Å². The molecule has 1 atom stereocenters. The highest BCUT2D eigenvalue weighted by Crippen LogP contribution is 1.82. The third kappa shape index (κ3) is 6.01. The van der Waals surface area contributed by atoms with Crippen LogP contribution in [0, 0.1) is 0 Å². The maximum atomic E-state index is 10.7. The topological polar surface area (TPSA) is 32.3 Å². The van der Waals surface area contributed by atoms with Gasteiger partial charge < -0.3 is 10.2 Å². The number of hydrogen-bond donors (Lipinski definition) is 1. The highest BCUT2D eigenvalue weighted by atomic mass is 16.1. The third-order valence-electron chi connectivity index (χ3n) is 1.62. The molecule has 0 rings (SSSR count). The predicted octanol–water partition coefficient (Wildman–Crippen LogP) is 0.115. The molecule has 0 bridgehead atoms. The van der Waals surface area contributed by atoms with Crippen molar-refractivity contribution in [2.24, 2.45) is 0 Å². The fraction of sp³-hybridized carbons (Fsp3) is 0.875. The second-order valence-corrected chi connectivity index (χ2v) is 3.09. The van der Waals surface area contributed by atoms with Gasteiger partial charge in [0.05, 0.1) is 6.04 Å². The van der Waals surface area contributed by atoms with Gasteiger partial charge in [-0.25, -0.2) is 0 Å². The highest BCUT2D eigenvalue weighted by Gasteiger charge is 2.04. The second-order valence-electron chi connectivity index (χ2n) is 3.09. The molecule has 3 nitrogen and oxygen atoms in total. The van der Waals surface area contributed by atoms with Crippen LogP contribution < -0.4 is 5.32 Å². The minimum absolute atomic E-state index is 0.00468. The van der Waals surface area contributed by atoms with Gasteiger partial charge in [0.2, 0.25) is 0 Å². The normalized spacial score (nSPS) is 13.5. The molecule has 0 saturated heterocycles. The second kappa shape index (κ2) is 5.27. The van der Waals surface area contributed by atoms with Crippen LogP contribution in [0.25, 0.3) is 0 Å². The molecular weight excluding hydrogens is 140 g/mol. The number of hydrogen-bond acceptors (Lipinski definition) is 3. The van der Waals surface area contributed by atoms with Crippen LogP contribution in [0.15, 0.2) is 0 Å². The first-order chi connectivity index (χ1) is 5.04. The molecule has 1 unspecified atom stereocenters. The Balaban J connectivity index is 3.31. The number of likely N-dealkylation sites (N-methyl/N-ethyl adjacent to an activating group) is 1. The van der Waals surface area contributed by atoms with E-state index in [1.54, 1.807) is 6.92 Å². The molecule has 0 aromatic heterocycles. The van der Waals surface area contributed by atoms with E-state index in [1.165, 1.54) is 0 Å². The molecule has 0 aliphatic rings. The monoisotopic (exact) mass is 158 g/mol. The Bertz CT molecular complexity index is 123. The molecule has 0 saturated carbocycles. The van der Waals surface area contributed by atoms with E-state index in [1.807, 2.05) is 21.0 Å². The van der Waals surface area contributed by atoms with E-state index in [0.717, 1.165) is 13.1 Å². The Morgan fingerprint density at radius 3 is 2.45 bits per heavy atom. The number of carbonyl (C=O) groups is 1. The van der Waals surface area contributed by atoms with Crippen molar-refractivity contribution >= 4 is 5.78 Å². The summed E-state index contributed by atoms with van der Waals surface area (Å²) in [5.41, 5.74) is 0. The van der Waals surface area contributed by atoms with E-state index < -0.39 is 0 Å². The van der Waals surface area contributed by atoms with E-state index in [9.17, 15) is 4.79 Å². The smallest absolute Gasteiger partial charge is 0.146 e. The summed E-state index contributed by atoms with van der Waals surface area (Å²) >= 11 is 0. The number of nitrogens with zero attached hydrogens (tertiary/aromatic N) is 1. The van der Waals surface area contributed by atoms with Gasteiger partial charge in [0.15, 0.2) is 0 Å². The highest BCUT2D eigenvalue weighted by molar-refractivity contribution is 5.80. The van der Waals surface area contributed by atoms with E-state index in [0.29, 0.717) is 0 Å². The molecule has 3 heteroatoms.